The predicted octanol–water partition coefficient (Wildman–Crippen LogP) is 6.80. The number of ether oxygens (including phenoxy) is 1. The molecular weight excluding hydrogens is 424 g/mol. The lowest BCUT2D eigenvalue weighted by Gasteiger charge is -2.34. The summed E-state index contributed by atoms with van der Waals surface area (Å²) in [7, 11) is 1.39. The van der Waals surface area contributed by atoms with Crippen LogP contribution in [0.5, 0.6) is 0 Å². The van der Waals surface area contributed by atoms with Crippen LogP contribution in [0.1, 0.15) is 117 Å². The monoisotopic (exact) mass is 462 g/mol. The molecule has 0 amide bonds. The Hall–Kier alpha value is -2.75. The number of ketones is 2. The Morgan fingerprint density at radius 3 is 1.65 bits per heavy atom. The Balaban J connectivity index is 1.93. The van der Waals surface area contributed by atoms with Crippen molar-refractivity contribution in [2.24, 2.45) is 5.41 Å². The molecule has 1 aliphatic rings. The highest BCUT2D eigenvalue weighted by Gasteiger charge is 2.34. The third-order valence-electron chi connectivity index (χ3n) is 6.96. The van der Waals surface area contributed by atoms with Gasteiger partial charge in [0.2, 0.25) is 0 Å². The third kappa shape index (κ3) is 5.32. The molecule has 0 aliphatic heterocycles. The summed E-state index contributed by atoms with van der Waals surface area (Å²) >= 11 is 0. The van der Waals surface area contributed by atoms with Gasteiger partial charge in [-0.2, -0.15) is 0 Å². The van der Waals surface area contributed by atoms with E-state index in [-0.39, 0.29) is 33.8 Å². The van der Waals surface area contributed by atoms with Gasteiger partial charge >= 0.3 is 5.97 Å². The summed E-state index contributed by atoms with van der Waals surface area (Å²) in [6.07, 6.45) is 2.79. The topological polar surface area (TPSA) is 60.4 Å². The lowest BCUT2D eigenvalue weighted by atomic mass is 9.71. The lowest BCUT2D eigenvalue weighted by molar-refractivity contribution is -0.140. The summed E-state index contributed by atoms with van der Waals surface area (Å²) in [5, 5.41) is 0. The number of carbonyl (C=O) groups is 3. The highest BCUT2D eigenvalue weighted by atomic mass is 16.5. The molecule has 0 radical (unpaired) electrons. The average molecular weight is 463 g/mol. The maximum Gasteiger partial charge on any atom is 0.305 e. The molecule has 2 aromatic carbocycles. The zero-order valence-electron chi connectivity index (χ0n) is 21.9. The minimum Gasteiger partial charge on any atom is -0.469 e. The Labute approximate surface area is 204 Å². The van der Waals surface area contributed by atoms with E-state index < -0.39 is 0 Å². The normalized spacial score (nSPS) is 14.0. The largest absolute Gasteiger partial charge is 0.469 e. The second-order valence-electron chi connectivity index (χ2n) is 12.1. The molecule has 0 bridgehead atoms. The minimum absolute atomic E-state index is 0.0898. The van der Waals surface area contributed by atoms with E-state index in [9.17, 15) is 14.4 Å². The van der Waals surface area contributed by atoms with Crippen LogP contribution in [0.25, 0.3) is 0 Å². The van der Waals surface area contributed by atoms with Crippen LogP contribution in [-0.4, -0.2) is 24.6 Å². The van der Waals surface area contributed by atoms with E-state index in [1.807, 2.05) is 30.3 Å². The molecule has 34 heavy (non-hydrogen) atoms. The van der Waals surface area contributed by atoms with Crippen LogP contribution in [0.3, 0.4) is 0 Å². The van der Waals surface area contributed by atoms with Crippen molar-refractivity contribution >= 4 is 17.5 Å². The highest BCUT2D eigenvalue weighted by Crippen LogP contribution is 2.39. The van der Waals surface area contributed by atoms with Crippen molar-refractivity contribution in [1.82, 2.24) is 0 Å². The molecule has 0 N–H and O–H groups in total. The molecule has 2 aromatic rings. The van der Waals surface area contributed by atoms with E-state index in [1.54, 1.807) is 6.07 Å². The quantitative estimate of drug-likeness (QED) is 0.362. The second-order valence-corrected chi connectivity index (χ2v) is 12.1. The van der Waals surface area contributed by atoms with E-state index in [0.29, 0.717) is 35.1 Å². The Morgan fingerprint density at radius 1 is 0.735 bits per heavy atom. The van der Waals surface area contributed by atoms with Crippen LogP contribution >= 0.6 is 0 Å². The number of methoxy groups -OCH3 is 1. The van der Waals surface area contributed by atoms with E-state index in [1.165, 1.54) is 7.11 Å². The van der Waals surface area contributed by atoms with Crippen molar-refractivity contribution in [1.29, 1.82) is 0 Å². The first kappa shape index (κ1) is 25.9. The Kier molecular flexibility index (Phi) is 6.94. The number of benzene rings is 2. The molecule has 1 aliphatic carbocycles. The molecule has 0 heterocycles. The van der Waals surface area contributed by atoms with Gasteiger partial charge in [-0.15, -0.1) is 0 Å². The average Bonchev–Trinajstić information content (AvgIpc) is 2.74. The van der Waals surface area contributed by atoms with Crippen molar-refractivity contribution in [2.45, 2.75) is 85.0 Å². The number of rotatable bonds is 7. The fourth-order valence-electron chi connectivity index (χ4n) is 5.34. The standard InChI is InChI=1S/C30H38O4/c1-28(2,3)18-30(6,7)20-12-14-22-24(17-20)27(33)21-13-11-19(16-23(21)26(22)32)29(4,5)15-9-10-25(31)34-8/h11-14,16-17H,9-10,15,18H2,1-8H3. The van der Waals surface area contributed by atoms with Crippen LogP contribution in [0.2, 0.25) is 0 Å². The van der Waals surface area contributed by atoms with Crippen LogP contribution in [-0.2, 0) is 20.4 Å². The highest BCUT2D eigenvalue weighted by molar-refractivity contribution is 6.28. The lowest BCUT2D eigenvalue weighted by Crippen LogP contribution is -2.27. The van der Waals surface area contributed by atoms with Crippen molar-refractivity contribution in [3.63, 3.8) is 0 Å². The Bertz CT molecular complexity index is 1130. The van der Waals surface area contributed by atoms with Gasteiger partial charge in [0.05, 0.1) is 7.11 Å². The van der Waals surface area contributed by atoms with Crippen LogP contribution in [0, 0.1) is 5.41 Å². The van der Waals surface area contributed by atoms with E-state index in [0.717, 1.165) is 24.0 Å². The fourth-order valence-corrected chi connectivity index (χ4v) is 5.34. The summed E-state index contributed by atoms with van der Waals surface area (Å²) < 4.78 is 4.74. The van der Waals surface area contributed by atoms with Gasteiger partial charge in [-0.3, -0.25) is 14.4 Å². The molecule has 3 rings (SSSR count). The van der Waals surface area contributed by atoms with Gasteiger partial charge in [-0.1, -0.05) is 60.6 Å². The summed E-state index contributed by atoms with van der Waals surface area (Å²) in [6, 6.07) is 11.4. The first-order chi connectivity index (χ1) is 15.7. The van der Waals surface area contributed by atoms with Gasteiger partial charge in [0.15, 0.2) is 11.6 Å². The summed E-state index contributed by atoms with van der Waals surface area (Å²) in [4.78, 5) is 38.4. The van der Waals surface area contributed by atoms with Crippen LogP contribution < -0.4 is 0 Å². The summed E-state index contributed by atoms with van der Waals surface area (Å²) in [5.41, 5.74) is 3.78. The van der Waals surface area contributed by atoms with Crippen molar-refractivity contribution < 1.29 is 19.1 Å². The zero-order valence-corrected chi connectivity index (χ0v) is 21.9. The first-order valence-corrected chi connectivity index (χ1v) is 12.1. The van der Waals surface area contributed by atoms with Gasteiger partial charge in [-0.25, -0.2) is 0 Å². The first-order valence-electron chi connectivity index (χ1n) is 12.1. The molecule has 0 unspecified atom stereocenters. The molecule has 0 atom stereocenters. The van der Waals surface area contributed by atoms with Gasteiger partial charge < -0.3 is 4.74 Å². The van der Waals surface area contributed by atoms with E-state index >= 15 is 0 Å². The molecule has 0 saturated carbocycles. The maximum atomic E-state index is 13.5. The van der Waals surface area contributed by atoms with Crippen LogP contribution in [0.15, 0.2) is 36.4 Å². The number of carbonyl (C=O) groups excluding carboxylic acids is 3. The maximum absolute atomic E-state index is 13.5. The van der Waals surface area contributed by atoms with Crippen LogP contribution in [0.4, 0.5) is 0 Å². The molecule has 0 saturated heterocycles. The van der Waals surface area contributed by atoms with Crippen molar-refractivity contribution in [3.05, 3.63) is 69.8 Å². The summed E-state index contributed by atoms with van der Waals surface area (Å²) in [5.74, 6) is -0.409. The predicted molar refractivity (Wildman–Crippen MR) is 136 cm³/mol. The number of hydrogen-bond acceptors (Lipinski definition) is 4. The molecule has 4 nitrogen and oxygen atoms in total. The second kappa shape index (κ2) is 9.13. The van der Waals surface area contributed by atoms with Crippen molar-refractivity contribution in [3.8, 4) is 0 Å². The fraction of sp³-hybridized carbons (Fsp3) is 0.500. The molecule has 4 heteroatoms. The minimum atomic E-state index is -0.243. The van der Waals surface area contributed by atoms with Gasteiger partial charge in [-0.05, 0) is 70.9 Å². The Morgan fingerprint density at radius 2 is 1.21 bits per heavy atom. The SMILES string of the molecule is COC(=O)CCCC(C)(C)c1ccc2c(c1)C(=O)c1ccc(C(C)(C)CC(C)(C)C)cc1C2=O. The number of fused-ring (bicyclic) bond motifs is 2. The molecular formula is C30H38O4. The smallest absolute Gasteiger partial charge is 0.305 e. The van der Waals surface area contributed by atoms with Gasteiger partial charge in [0.25, 0.3) is 0 Å². The van der Waals surface area contributed by atoms with Gasteiger partial charge in [0, 0.05) is 28.7 Å². The zero-order chi connectivity index (χ0) is 25.5. The molecule has 0 spiro atoms. The third-order valence-corrected chi connectivity index (χ3v) is 6.96. The number of esters is 1. The molecule has 182 valence electrons. The van der Waals surface area contributed by atoms with Crippen molar-refractivity contribution in [2.75, 3.05) is 7.11 Å². The van der Waals surface area contributed by atoms with Gasteiger partial charge in [0.1, 0.15) is 0 Å². The summed E-state index contributed by atoms with van der Waals surface area (Å²) in [6.45, 7) is 15.2. The number of hydrogen-bond donors (Lipinski definition) is 0. The van der Waals surface area contributed by atoms with E-state index in [4.69, 9.17) is 4.74 Å². The molecule has 0 aromatic heterocycles. The van der Waals surface area contributed by atoms with E-state index in [2.05, 4.69) is 48.5 Å². The molecule has 0 fully saturated rings.